The molecule has 0 aliphatic rings. The molecule has 84 valence electrons. The van der Waals surface area contributed by atoms with Gasteiger partial charge in [0.05, 0.1) is 17.5 Å². The summed E-state index contributed by atoms with van der Waals surface area (Å²) in [5.41, 5.74) is 3.54. The van der Waals surface area contributed by atoms with Crippen LogP contribution in [0.25, 0.3) is 0 Å². The van der Waals surface area contributed by atoms with Crippen molar-refractivity contribution in [3.8, 4) is 0 Å². The van der Waals surface area contributed by atoms with E-state index in [0.29, 0.717) is 11.3 Å². The van der Waals surface area contributed by atoms with Crippen molar-refractivity contribution < 1.29 is 4.79 Å². The van der Waals surface area contributed by atoms with Gasteiger partial charge in [-0.2, -0.15) is 5.10 Å². The summed E-state index contributed by atoms with van der Waals surface area (Å²) < 4.78 is 0. The topological polar surface area (TPSA) is 67.2 Å². The van der Waals surface area contributed by atoms with Crippen LogP contribution in [0.2, 0.25) is 0 Å². The van der Waals surface area contributed by atoms with Gasteiger partial charge in [-0.1, -0.05) is 6.07 Å². The highest BCUT2D eigenvalue weighted by Crippen LogP contribution is 1.94. The number of aromatic nitrogens is 2. The molecular weight excluding hydrogens is 216 g/mol. The Morgan fingerprint density at radius 3 is 2.88 bits per heavy atom. The Balaban J connectivity index is 1.95. The molecule has 0 aliphatic heterocycles. The normalized spacial score (nSPS) is 10.4. The molecule has 0 aromatic carbocycles. The third kappa shape index (κ3) is 3.20. The maximum atomic E-state index is 11.5. The van der Waals surface area contributed by atoms with Gasteiger partial charge in [0.15, 0.2) is 0 Å². The van der Waals surface area contributed by atoms with E-state index in [9.17, 15) is 4.79 Å². The lowest BCUT2D eigenvalue weighted by Crippen LogP contribution is -2.17. The molecule has 0 aliphatic carbocycles. The largest absolute Gasteiger partial charge is 0.272 e. The number of hydrogen-bond donors (Lipinski definition) is 1. The Bertz CT molecular complexity index is 511. The van der Waals surface area contributed by atoms with Crippen LogP contribution in [0.3, 0.4) is 0 Å². The average Bonchev–Trinajstić information content (AvgIpc) is 2.41. The molecule has 2 aromatic heterocycles. The predicted molar refractivity (Wildman–Crippen MR) is 63.5 cm³/mol. The second-order valence-corrected chi connectivity index (χ2v) is 3.20. The summed E-state index contributed by atoms with van der Waals surface area (Å²) in [5, 5.41) is 3.80. The minimum absolute atomic E-state index is 0.301. The standard InChI is InChI=1S/C12H10N4O/c17-12(10-4-3-6-13-8-10)16-15-9-11-5-1-2-7-14-11/h1-9H,(H,16,17)/b15-9+. The highest BCUT2D eigenvalue weighted by atomic mass is 16.2. The fourth-order valence-electron chi connectivity index (χ4n) is 1.17. The molecule has 0 spiro atoms. The SMILES string of the molecule is O=C(N/N=C/c1ccccn1)c1cccnc1. The first-order valence-electron chi connectivity index (χ1n) is 5.01. The number of amides is 1. The molecule has 5 nitrogen and oxygen atoms in total. The maximum Gasteiger partial charge on any atom is 0.272 e. The van der Waals surface area contributed by atoms with Crippen LogP contribution in [0, 0.1) is 0 Å². The van der Waals surface area contributed by atoms with E-state index >= 15 is 0 Å². The van der Waals surface area contributed by atoms with Gasteiger partial charge in [0.2, 0.25) is 0 Å². The fraction of sp³-hybridized carbons (Fsp3) is 0. The molecule has 0 saturated heterocycles. The lowest BCUT2D eigenvalue weighted by molar-refractivity contribution is 0.0955. The number of hydrazone groups is 1. The summed E-state index contributed by atoms with van der Waals surface area (Å²) in [6.07, 6.45) is 6.22. The van der Waals surface area contributed by atoms with Gasteiger partial charge in [-0.15, -0.1) is 0 Å². The van der Waals surface area contributed by atoms with Crippen LogP contribution < -0.4 is 5.43 Å². The molecule has 0 bridgehead atoms. The van der Waals surface area contributed by atoms with Crippen LogP contribution in [0.5, 0.6) is 0 Å². The zero-order chi connectivity index (χ0) is 11.9. The first kappa shape index (κ1) is 10.9. The van der Waals surface area contributed by atoms with Gasteiger partial charge in [-0.25, -0.2) is 5.43 Å². The molecule has 1 N–H and O–H groups in total. The predicted octanol–water partition coefficient (Wildman–Crippen LogP) is 1.24. The number of rotatable bonds is 3. The monoisotopic (exact) mass is 226 g/mol. The molecule has 1 amide bonds. The molecule has 5 heteroatoms. The van der Waals surface area contributed by atoms with Crippen LogP contribution in [0.4, 0.5) is 0 Å². The summed E-state index contributed by atoms with van der Waals surface area (Å²) >= 11 is 0. The van der Waals surface area contributed by atoms with Gasteiger partial charge in [0, 0.05) is 18.6 Å². The summed E-state index contributed by atoms with van der Waals surface area (Å²) in [7, 11) is 0. The Kier molecular flexibility index (Phi) is 3.54. The van der Waals surface area contributed by atoms with Gasteiger partial charge < -0.3 is 0 Å². The Morgan fingerprint density at radius 1 is 1.24 bits per heavy atom. The summed E-state index contributed by atoms with van der Waals surface area (Å²) in [6, 6.07) is 8.80. The zero-order valence-electron chi connectivity index (χ0n) is 8.95. The van der Waals surface area contributed by atoms with Crippen molar-refractivity contribution in [1.29, 1.82) is 0 Å². The zero-order valence-corrected chi connectivity index (χ0v) is 8.95. The Hall–Kier alpha value is -2.56. The van der Waals surface area contributed by atoms with Crippen molar-refractivity contribution in [2.45, 2.75) is 0 Å². The molecule has 0 atom stereocenters. The van der Waals surface area contributed by atoms with Gasteiger partial charge in [-0.05, 0) is 24.3 Å². The quantitative estimate of drug-likeness (QED) is 0.632. The minimum atomic E-state index is -0.301. The van der Waals surface area contributed by atoms with Crippen LogP contribution in [0.15, 0.2) is 54.0 Å². The van der Waals surface area contributed by atoms with Crippen molar-refractivity contribution in [2.24, 2.45) is 5.10 Å². The lowest BCUT2D eigenvalue weighted by Gasteiger charge is -1.97. The van der Waals surface area contributed by atoms with E-state index in [-0.39, 0.29) is 5.91 Å². The van der Waals surface area contributed by atoms with Crippen molar-refractivity contribution in [2.75, 3.05) is 0 Å². The van der Waals surface area contributed by atoms with Crippen molar-refractivity contribution in [3.05, 3.63) is 60.2 Å². The highest BCUT2D eigenvalue weighted by molar-refractivity contribution is 5.94. The second kappa shape index (κ2) is 5.50. The number of carbonyl (C=O) groups is 1. The summed E-state index contributed by atoms with van der Waals surface area (Å²) in [6.45, 7) is 0. The highest BCUT2D eigenvalue weighted by Gasteiger charge is 2.01. The Morgan fingerprint density at radius 2 is 2.18 bits per heavy atom. The number of pyridine rings is 2. The van der Waals surface area contributed by atoms with E-state index in [0.717, 1.165) is 0 Å². The molecular formula is C12H10N4O. The third-order valence-corrected chi connectivity index (χ3v) is 1.97. The molecule has 0 radical (unpaired) electrons. The Labute approximate surface area is 98.2 Å². The summed E-state index contributed by atoms with van der Waals surface area (Å²) in [5.74, 6) is -0.301. The van der Waals surface area contributed by atoms with E-state index in [1.807, 2.05) is 12.1 Å². The molecule has 0 fully saturated rings. The van der Waals surface area contributed by atoms with Gasteiger partial charge in [0.25, 0.3) is 5.91 Å². The molecule has 17 heavy (non-hydrogen) atoms. The summed E-state index contributed by atoms with van der Waals surface area (Å²) in [4.78, 5) is 19.4. The lowest BCUT2D eigenvalue weighted by atomic mass is 10.3. The maximum absolute atomic E-state index is 11.5. The number of nitrogens with zero attached hydrogens (tertiary/aromatic N) is 3. The van der Waals surface area contributed by atoms with E-state index in [1.165, 1.54) is 12.4 Å². The molecule has 2 aromatic rings. The van der Waals surface area contributed by atoms with E-state index in [2.05, 4.69) is 20.5 Å². The number of hydrogen-bond acceptors (Lipinski definition) is 4. The van der Waals surface area contributed by atoms with Gasteiger partial charge in [-0.3, -0.25) is 14.8 Å². The average molecular weight is 226 g/mol. The minimum Gasteiger partial charge on any atom is -0.267 e. The smallest absolute Gasteiger partial charge is 0.267 e. The van der Waals surface area contributed by atoms with E-state index in [1.54, 1.807) is 30.6 Å². The van der Waals surface area contributed by atoms with E-state index < -0.39 is 0 Å². The van der Waals surface area contributed by atoms with Crippen molar-refractivity contribution >= 4 is 12.1 Å². The number of nitrogens with one attached hydrogen (secondary N) is 1. The molecule has 2 rings (SSSR count). The van der Waals surface area contributed by atoms with Gasteiger partial charge in [0.1, 0.15) is 0 Å². The molecule has 2 heterocycles. The molecule has 0 unspecified atom stereocenters. The van der Waals surface area contributed by atoms with Crippen molar-refractivity contribution in [1.82, 2.24) is 15.4 Å². The fourth-order valence-corrected chi connectivity index (χ4v) is 1.17. The van der Waals surface area contributed by atoms with Crippen LogP contribution in [-0.2, 0) is 0 Å². The third-order valence-electron chi connectivity index (χ3n) is 1.97. The van der Waals surface area contributed by atoms with Crippen LogP contribution in [-0.4, -0.2) is 22.1 Å². The van der Waals surface area contributed by atoms with Crippen LogP contribution >= 0.6 is 0 Å². The van der Waals surface area contributed by atoms with Gasteiger partial charge >= 0.3 is 0 Å². The van der Waals surface area contributed by atoms with E-state index in [4.69, 9.17) is 0 Å². The van der Waals surface area contributed by atoms with Crippen LogP contribution in [0.1, 0.15) is 16.1 Å². The van der Waals surface area contributed by atoms with Crippen molar-refractivity contribution in [3.63, 3.8) is 0 Å². The first-order chi connectivity index (χ1) is 8.36. The second-order valence-electron chi connectivity index (χ2n) is 3.20. The first-order valence-corrected chi connectivity index (χ1v) is 5.01. The molecule has 0 saturated carbocycles. The number of carbonyl (C=O) groups excluding carboxylic acids is 1.